The van der Waals surface area contributed by atoms with Crippen molar-refractivity contribution in [3.05, 3.63) is 60.0 Å². The molecular formula is C17H17N5O2. The van der Waals surface area contributed by atoms with E-state index in [1.165, 1.54) is 6.39 Å². The summed E-state index contributed by atoms with van der Waals surface area (Å²) in [6.07, 6.45) is 3.82. The first-order chi connectivity index (χ1) is 11.7. The molecule has 0 bridgehead atoms. The summed E-state index contributed by atoms with van der Waals surface area (Å²) in [4.78, 5) is 18.8. The lowest BCUT2D eigenvalue weighted by molar-refractivity contribution is 0.0789. The fourth-order valence-electron chi connectivity index (χ4n) is 3.13. The summed E-state index contributed by atoms with van der Waals surface area (Å²) >= 11 is 0. The highest BCUT2D eigenvalue weighted by Gasteiger charge is 2.31. The molecule has 1 aliphatic heterocycles. The van der Waals surface area contributed by atoms with Crippen LogP contribution in [0, 0.1) is 6.92 Å². The maximum absolute atomic E-state index is 12.8. The Morgan fingerprint density at radius 1 is 1.29 bits per heavy atom. The highest BCUT2D eigenvalue weighted by atomic mass is 16.5. The van der Waals surface area contributed by atoms with Crippen LogP contribution in [0.25, 0.3) is 5.69 Å². The van der Waals surface area contributed by atoms with Crippen LogP contribution in [-0.2, 0) is 0 Å². The number of likely N-dealkylation sites (tertiary alicyclic amines) is 1. The van der Waals surface area contributed by atoms with E-state index in [1.54, 1.807) is 10.9 Å². The van der Waals surface area contributed by atoms with Crippen LogP contribution in [0.4, 0.5) is 0 Å². The van der Waals surface area contributed by atoms with Crippen molar-refractivity contribution >= 4 is 5.91 Å². The highest BCUT2D eigenvalue weighted by molar-refractivity contribution is 5.95. The summed E-state index contributed by atoms with van der Waals surface area (Å²) in [7, 11) is 0. The fraction of sp³-hybridized carbons (Fsp3) is 0.294. The van der Waals surface area contributed by atoms with Gasteiger partial charge >= 0.3 is 0 Å². The molecule has 122 valence electrons. The van der Waals surface area contributed by atoms with Gasteiger partial charge in [0.1, 0.15) is 0 Å². The Balaban J connectivity index is 1.55. The molecule has 1 fully saturated rings. The zero-order valence-corrected chi connectivity index (χ0v) is 13.3. The highest BCUT2D eigenvalue weighted by Crippen LogP contribution is 2.26. The lowest BCUT2D eigenvalue weighted by Gasteiger charge is -2.15. The van der Waals surface area contributed by atoms with Crippen molar-refractivity contribution in [1.29, 1.82) is 0 Å². The molecule has 2 aromatic heterocycles. The van der Waals surface area contributed by atoms with Gasteiger partial charge in [-0.25, -0.2) is 4.68 Å². The van der Waals surface area contributed by atoms with Crippen LogP contribution in [0.15, 0.2) is 47.4 Å². The maximum Gasteiger partial charge on any atom is 0.257 e. The van der Waals surface area contributed by atoms with Crippen LogP contribution in [0.2, 0.25) is 0 Å². The van der Waals surface area contributed by atoms with Gasteiger partial charge in [0, 0.05) is 19.0 Å². The largest absolute Gasteiger partial charge is 0.343 e. The number of hydrogen-bond donors (Lipinski definition) is 0. The summed E-state index contributed by atoms with van der Waals surface area (Å²) in [5.74, 6) is 0.805. The Hall–Kier alpha value is -2.96. The number of nitrogens with zero attached hydrogens (tertiary/aromatic N) is 5. The minimum Gasteiger partial charge on any atom is -0.343 e. The minimum absolute atomic E-state index is 0.000626. The molecular weight excluding hydrogens is 306 g/mol. The standard InChI is InChI=1S/C17H17N5O2/c1-12-15(9-19-22(12)14-5-3-2-4-6-14)17(23)21-8-7-13(10-21)16-18-11-24-20-16/h2-6,9,11,13H,7-8,10H2,1H3/t13-/m0/s1. The predicted molar refractivity (Wildman–Crippen MR) is 85.9 cm³/mol. The van der Waals surface area contributed by atoms with Crippen molar-refractivity contribution in [2.24, 2.45) is 0 Å². The Morgan fingerprint density at radius 2 is 2.12 bits per heavy atom. The molecule has 0 saturated carbocycles. The van der Waals surface area contributed by atoms with Crippen LogP contribution < -0.4 is 0 Å². The van der Waals surface area contributed by atoms with Crippen molar-refractivity contribution in [3.8, 4) is 5.69 Å². The molecule has 4 rings (SSSR count). The Labute approximate surface area is 138 Å². The number of aromatic nitrogens is 4. The molecule has 1 amide bonds. The molecule has 0 N–H and O–H groups in total. The second-order valence-electron chi connectivity index (χ2n) is 5.92. The van der Waals surface area contributed by atoms with E-state index in [1.807, 2.05) is 42.2 Å². The van der Waals surface area contributed by atoms with Gasteiger partial charge < -0.3 is 9.42 Å². The second-order valence-corrected chi connectivity index (χ2v) is 5.92. The van der Waals surface area contributed by atoms with Gasteiger partial charge in [-0.05, 0) is 25.5 Å². The summed E-state index contributed by atoms with van der Waals surface area (Å²) in [5, 5.41) is 8.26. The average Bonchev–Trinajstić information content (AvgIpc) is 3.35. The van der Waals surface area contributed by atoms with E-state index in [-0.39, 0.29) is 11.8 Å². The molecule has 7 heteroatoms. The third-order valence-electron chi connectivity index (χ3n) is 4.46. The van der Waals surface area contributed by atoms with E-state index < -0.39 is 0 Å². The van der Waals surface area contributed by atoms with Gasteiger partial charge in [-0.15, -0.1) is 0 Å². The number of amides is 1. The number of para-hydroxylation sites is 1. The molecule has 1 saturated heterocycles. The zero-order valence-electron chi connectivity index (χ0n) is 13.3. The first-order valence-electron chi connectivity index (χ1n) is 7.89. The molecule has 0 aliphatic carbocycles. The molecule has 7 nitrogen and oxygen atoms in total. The Kier molecular flexibility index (Phi) is 3.60. The SMILES string of the molecule is Cc1c(C(=O)N2CC[C@H](c3ncon3)C2)cnn1-c1ccccc1. The summed E-state index contributed by atoms with van der Waals surface area (Å²) in [5.41, 5.74) is 2.42. The number of hydrogen-bond acceptors (Lipinski definition) is 5. The summed E-state index contributed by atoms with van der Waals surface area (Å²) in [6.45, 7) is 3.21. The van der Waals surface area contributed by atoms with E-state index >= 15 is 0 Å². The van der Waals surface area contributed by atoms with E-state index in [0.29, 0.717) is 24.5 Å². The topological polar surface area (TPSA) is 77.1 Å². The van der Waals surface area contributed by atoms with Crippen LogP contribution in [-0.4, -0.2) is 43.8 Å². The van der Waals surface area contributed by atoms with Crippen LogP contribution in [0.5, 0.6) is 0 Å². The van der Waals surface area contributed by atoms with Gasteiger partial charge in [0.05, 0.1) is 23.1 Å². The minimum atomic E-state index is 0.000626. The number of rotatable bonds is 3. The molecule has 1 aromatic carbocycles. The summed E-state index contributed by atoms with van der Waals surface area (Å²) < 4.78 is 6.59. The van der Waals surface area contributed by atoms with Gasteiger partial charge in [0.15, 0.2) is 5.82 Å². The first-order valence-corrected chi connectivity index (χ1v) is 7.89. The zero-order chi connectivity index (χ0) is 16.5. The fourth-order valence-corrected chi connectivity index (χ4v) is 3.13. The van der Waals surface area contributed by atoms with Gasteiger partial charge in [-0.1, -0.05) is 23.4 Å². The van der Waals surface area contributed by atoms with Crippen LogP contribution in [0.3, 0.4) is 0 Å². The molecule has 24 heavy (non-hydrogen) atoms. The van der Waals surface area contributed by atoms with E-state index in [4.69, 9.17) is 4.52 Å². The van der Waals surface area contributed by atoms with Crippen LogP contribution in [0.1, 0.15) is 34.2 Å². The molecule has 3 aromatic rings. The van der Waals surface area contributed by atoms with E-state index in [0.717, 1.165) is 17.8 Å². The maximum atomic E-state index is 12.8. The predicted octanol–water partition coefficient (Wildman–Crippen LogP) is 2.19. The average molecular weight is 323 g/mol. The third kappa shape index (κ3) is 2.47. The third-order valence-corrected chi connectivity index (χ3v) is 4.46. The van der Waals surface area contributed by atoms with Gasteiger partial charge in [0.25, 0.3) is 5.91 Å². The Bertz CT molecular complexity index is 841. The van der Waals surface area contributed by atoms with Crippen molar-refractivity contribution in [2.45, 2.75) is 19.3 Å². The molecule has 1 atom stereocenters. The molecule has 0 radical (unpaired) electrons. The smallest absolute Gasteiger partial charge is 0.257 e. The van der Waals surface area contributed by atoms with Crippen molar-refractivity contribution in [2.75, 3.05) is 13.1 Å². The first kappa shape index (κ1) is 14.6. The normalized spacial score (nSPS) is 17.4. The van der Waals surface area contributed by atoms with E-state index in [9.17, 15) is 4.79 Å². The monoisotopic (exact) mass is 323 g/mol. The van der Waals surface area contributed by atoms with Crippen molar-refractivity contribution in [1.82, 2.24) is 24.8 Å². The lowest BCUT2D eigenvalue weighted by Crippen LogP contribution is -2.29. The Morgan fingerprint density at radius 3 is 2.88 bits per heavy atom. The van der Waals surface area contributed by atoms with Gasteiger partial charge in [-0.3, -0.25) is 4.79 Å². The van der Waals surface area contributed by atoms with Crippen molar-refractivity contribution < 1.29 is 9.32 Å². The number of benzene rings is 1. The second kappa shape index (κ2) is 5.92. The lowest BCUT2D eigenvalue weighted by atomic mass is 10.1. The number of carbonyl (C=O) groups excluding carboxylic acids is 1. The van der Waals surface area contributed by atoms with Gasteiger partial charge in [-0.2, -0.15) is 10.1 Å². The molecule has 0 unspecified atom stereocenters. The van der Waals surface area contributed by atoms with Crippen LogP contribution >= 0.6 is 0 Å². The van der Waals surface area contributed by atoms with Crippen molar-refractivity contribution in [3.63, 3.8) is 0 Å². The van der Waals surface area contributed by atoms with Gasteiger partial charge in [0.2, 0.25) is 6.39 Å². The van der Waals surface area contributed by atoms with E-state index in [2.05, 4.69) is 15.2 Å². The molecule has 3 heterocycles. The number of carbonyl (C=O) groups is 1. The molecule has 0 spiro atoms. The summed E-state index contributed by atoms with van der Waals surface area (Å²) in [6, 6.07) is 9.80. The quantitative estimate of drug-likeness (QED) is 0.738. The molecule has 1 aliphatic rings.